The van der Waals surface area contributed by atoms with Crippen molar-refractivity contribution in [3.8, 4) is 17.2 Å². The number of hydrogen-bond donors (Lipinski definition) is 1. The second-order valence-electron chi connectivity index (χ2n) is 8.30. The molecule has 0 spiro atoms. The van der Waals surface area contributed by atoms with Gasteiger partial charge in [0.15, 0.2) is 5.16 Å². The average molecular weight is 519 g/mol. The summed E-state index contributed by atoms with van der Waals surface area (Å²) in [5, 5.41) is 16.1. The van der Waals surface area contributed by atoms with E-state index in [1.54, 1.807) is 10.6 Å². The SMILES string of the molecule is C=CCn1c(SCC(=O)Nc2sc3c(c2C#N)CCC3)nc2scc(-c3ccc(C)cc3)c2c1=O. The Labute approximate surface area is 214 Å². The molecule has 1 amide bonds. The number of fused-ring (bicyclic) bond motifs is 2. The fourth-order valence-corrected chi connectivity index (χ4v) is 7.31. The smallest absolute Gasteiger partial charge is 0.263 e. The van der Waals surface area contributed by atoms with Crippen molar-refractivity contribution in [2.45, 2.75) is 37.9 Å². The molecule has 35 heavy (non-hydrogen) atoms. The molecule has 0 saturated heterocycles. The second-order valence-corrected chi connectivity index (χ2v) is 11.2. The maximum Gasteiger partial charge on any atom is 0.263 e. The Morgan fingerprint density at radius 1 is 1.34 bits per heavy atom. The van der Waals surface area contributed by atoms with Crippen LogP contribution >= 0.6 is 34.4 Å². The third-order valence-corrected chi connectivity index (χ3v) is 9.01. The number of nitriles is 1. The second kappa shape index (κ2) is 9.82. The molecule has 3 aromatic heterocycles. The highest BCUT2D eigenvalue weighted by molar-refractivity contribution is 7.99. The lowest BCUT2D eigenvalue weighted by Crippen LogP contribution is -2.23. The Morgan fingerprint density at radius 3 is 2.89 bits per heavy atom. The number of thioether (sulfide) groups is 1. The van der Waals surface area contributed by atoms with Crippen molar-refractivity contribution in [3.63, 3.8) is 0 Å². The van der Waals surface area contributed by atoms with E-state index in [1.165, 1.54) is 39.3 Å². The summed E-state index contributed by atoms with van der Waals surface area (Å²) in [6, 6.07) is 10.3. The lowest BCUT2D eigenvalue weighted by Gasteiger charge is -2.11. The van der Waals surface area contributed by atoms with Crippen molar-refractivity contribution in [2.24, 2.45) is 0 Å². The molecule has 1 N–H and O–H groups in total. The zero-order valence-electron chi connectivity index (χ0n) is 19.1. The molecule has 176 valence electrons. The zero-order chi connectivity index (χ0) is 24.5. The zero-order valence-corrected chi connectivity index (χ0v) is 21.5. The Morgan fingerprint density at radius 2 is 2.14 bits per heavy atom. The number of allylic oxidation sites excluding steroid dienone is 1. The largest absolute Gasteiger partial charge is 0.316 e. The van der Waals surface area contributed by atoms with Crippen LogP contribution in [0.5, 0.6) is 0 Å². The molecule has 1 aliphatic rings. The minimum absolute atomic E-state index is 0.0821. The fourth-order valence-electron chi connectivity index (χ4n) is 4.26. The molecule has 0 atom stereocenters. The van der Waals surface area contributed by atoms with Gasteiger partial charge < -0.3 is 5.32 Å². The summed E-state index contributed by atoms with van der Waals surface area (Å²) >= 11 is 4.13. The first-order valence-electron chi connectivity index (χ1n) is 11.2. The van der Waals surface area contributed by atoms with Gasteiger partial charge in [-0.05, 0) is 37.3 Å². The van der Waals surface area contributed by atoms with Crippen LogP contribution in [0.15, 0.2) is 52.3 Å². The van der Waals surface area contributed by atoms with Gasteiger partial charge in [0.25, 0.3) is 5.56 Å². The van der Waals surface area contributed by atoms with Gasteiger partial charge in [-0.25, -0.2) is 4.98 Å². The summed E-state index contributed by atoms with van der Waals surface area (Å²) in [6.45, 7) is 6.11. The molecule has 0 aliphatic heterocycles. The molecule has 0 fully saturated rings. The number of rotatable bonds is 7. The normalized spacial score (nSPS) is 12.5. The van der Waals surface area contributed by atoms with E-state index in [0.29, 0.717) is 32.5 Å². The number of benzene rings is 1. The number of carbonyl (C=O) groups is 1. The van der Waals surface area contributed by atoms with E-state index in [0.717, 1.165) is 41.5 Å². The summed E-state index contributed by atoms with van der Waals surface area (Å²) in [5.74, 6) is -0.143. The summed E-state index contributed by atoms with van der Waals surface area (Å²) in [6.07, 6.45) is 4.57. The van der Waals surface area contributed by atoms with E-state index in [4.69, 9.17) is 4.98 Å². The van der Waals surface area contributed by atoms with E-state index in [2.05, 4.69) is 18.0 Å². The molecular formula is C26H22N4O2S3. The Balaban J connectivity index is 1.41. The lowest BCUT2D eigenvalue weighted by molar-refractivity contribution is -0.113. The molecule has 5 rings (SSSR count). The number of thiophene rings is 2. The van der Waals surface area contributed by atoms with E-state index < -0.39 is 0 Å². The summed E-state index contributed by atoms with van der Waals surface area (Å²) < 4.78 is 1.57. The monoisotopic (exact) mass is 518 g/mol. The standard InChI is InChI=1S/C26H22N4O2S3/c1-3-11-30-25(32)22-19(16-9-7-15(2)8-10-16)13-33-24(22)29-26(30)34-14-21(31)28-23-18(12-27)17-5-4-6-20(17)35-23/h3,7-10,13H,1,4-6,11,14H2,2H3,(H,28,31). The number of hydrogen-bond acceptors (Lipinski definition) is 7. The minimum Gasteiger partial charge on any atom is -0.316 e. The maximum atomic E-state index is 13.5. The van der Waals surface area contributed by atoms with Crippen LogP contribution in [0.4, 0.5) is 5.00 Å². The molecule has 4 aromatic rings. The van der Waals surface area contributed by atoms with Crippen LogP contribution in [0.1, 0.15) is 28.0 Å². The van der Waals surface area contributed by atoms with Crippen molar-refractivity contribution in [1.82, 2.24) is 9.55 Å². The van der Waals surface area contributed by atoms with Gasteiger partial charge in [-0.15, -0.1) is 29.3 Å². The predicted molar refractivity (Wildman–Crippen MR) is 145 cm³/mol. The van der Waals surface area contributed by atoms with Crippen molar-refractivity contribution in [2.75, 3.05) is 11.1 Å². The molecule has 3 heterocycles. The summed E-state index contributed by atoms with van der Waals surface area (Å²) in [7, 11) is 0. The lowest BCUT2D eigenvalue weighted by atomic mass is 10.1. The van der Waals surface area contributed by atoms with Gasteiger partial charge in [-0.3, -0.25) is 14.2 Å². The Hall–Kier alpha value is -3.19. The van der Waals surface area contributed by atoms with E-state index in [9.17, 15) is 14.9 Å². The minimum atomic E-state index is -0.225. The summed E-state index contributed by atoms with van der Waals surface area (Å²) in [4.78, 5) is 32.8. The van der Waals surface area contributed by atoms with Crippen LogP contribution in [0.25, 0.3) is 21.3 Å². The van der Waals surface area contributed by atoms with Crippen LogP contribution in [-0.4, -0.2) is 21.2 Å². The maximum absolute atomic E-state index is 13.5. The first-order valence-corrected chi connectivity index (χ1v) is 13.9. The van der Waals surface area contributed by atoms with Crippen LogP contribution < -0.4 is 10.9 Å². The highest BCUT2D eigenvalue weighted by Crippen LogP contribution is 2.38. The van der Waals surface area contributed by atoms with Crippen molar-refractivity contribution in [3.05, 3.63) is 74.2 Å². The third-order valence-electron chi connectivity index (χ3n) is 5.95. The number of nitrogens with zero attached hydrogens (tertiary/aromatic N) is 3. The van der Waals surface area contributed by atoms with Crippen LogP contribution in [0.2, 0.25) is 0 Å². The van der Waals surface area contributed by atoms with Gasteiger partial charge in [0, 0.05) is 22.4 Å². The van der Waals surface area contributed by atoms with Crippen LogP contribution in [-0.2, 0) is 24.2 Å². The Kier molecular flexibility index (Phi) is 6.60. The fraction of sp³-hybridized carbons (Fsp3) is 0.231. The first kappa shape index (κ1) is 23.5. The van der Waals surface area contributed by atoms with Gasteiger partial charge in [0.1, 0.15) is 15.9 Å². The van der Waals surface area contributed by atoms with Gasteiger partial charge in [-0.2, -0.15) is 5.26 Å². The van der Waals surface area contributed by atoms with Gasteiger partial charge >= 0.3 is 0 Å². The molecule has 0 bridgehead atoms. The average Bonchev–Trinajstić information content (AvgIpc) is 3.55. The number of carbonyl (C=O) groups excluding carboxylic acids is 1. The van der Waals surface area contributed by atoms with Gasteiger partial charge in [0.2, 0.25) is 5.91 Å². The van der Waals surface area contributed by atoms with Crippen LogP contribution in [0, 0.1) is 18.3 Å². The number of nitrogens with one attached hydrogen (secondary N) is 1. The van der Waals surface area contributed by atoms with Crippen LogP contribution in [0.3, 0.4) is 0 Å². The van der Waals surface area contributed by atoms with Gasteiger partial charge in [-0.1, -0.05) is 47.7 Å². The molecular weight excluding hydrogens is 497 g/mol. The summed E-state index contributed by atoms with van der Waals surface area (Å²) in [5.41, 5.74) is 4.52. The highest BCUT2D eigenvalue weighted by Gasteiger charge is 2.23. The number of anilines is 1. The topological polar surface area (TPSA) is 87.8 Å². The molecule has 1 aromatic carbocycles. The highest BCUT2D eigenvalue weighted by atomic mass is 32.2. The molecule has 0 saturated carbocycles. The first-order chi connectivity index (χ1) is 17.0. The van der Waals surface area contributed by atoms with Crippen molar-refractivity contribution < 1.29 is 4.79 Å². The van der Waals surface area contributed by atoms with Crippen molar-refractivity contribution >= 4 is 55.6 Å². The van der Waals surface area contributed by atoms with E-state index in [-0.39, 0.29) is 17.2 Å². The number of amides is 1. The molecule has 9 heteroatoms. The van der Waals surface area contributed by atoms with Crippen molar-refractivity contribution in [1.29, 1.82) is 5.26 Å². The quantitative estimate of drug-likeness (QED) is 0.191. The third kappa shape index (κ3) is 4.45. The van der Waals surface area contributed by atoms with E-state index >= 15 is 0 Å². The van der Waals surface area contributed by atoms with E-state index in [1.807, 2.05) is 36.6 Å². The predicted octanol–water partition coefficient (Wildman–Crippen LogP) is 5.77. The molecule has 1 aliphatic carbocycles. The van der Waals surface area contributed by atoms with Gasteiger partial charge in [0.05, 0.1) is 16.7 Å². The molecule has 0 radical (unpaired) electrons. The Bertz CT molecular complexity index is 1550. The molecule has 0 unspecified atom stereocenters. The number of aryl methyl sites for hydroxylation is 2. The molecule has 6 nitrogen and oxygen atoms in total. The number of aromatic nitrogens is 2.